The first-order valence-corrected chi connectivity index (χ1v) is 21.9. The number of methoxy groups -OCH3 is 1. The van der Waals surface area contributed by atoms with Crippen molar-refractivity contribution < 1.29 is 41.8 Å². The van der Waals surface area contributed by atoms with Crippen LogP contribution in [0.3, 0.4) is 0 Å². The van der Waals surface area contributed by atoms with Gasteiger partial charge in [-0.15, -0.1) is 10.2 Å². The number of allylic oxidation sites excluding steroid dienone is 2. The number of sulfonamides is 1. The average Bonchev–Trinajstić information content (AvgIpc) is 4.12. The molecule has 2 aromatic rings. The molecule has 0 bridgehead atoms. The summed E-state index contributed by atoms with van der Waals surface area (Å²) in [5.74, 6) is -0.947. The number of ether oxygens (including phenoxy) is 3. The van der Waals surface area contributed by atoms with E-state index in [9.17, 15) is 27.6 Å². The second-order valence-electron chi connectivity index (χ2n) is 18.0. The van der Waals surface area contributed by atoms with Gasteiger partial charge in [0, 0.05) is 12.8 Å². The predicted octanol–water partition coefficient (Wildman–Crippen LogP) is 5.31. The van der Waals surface area contributed by atoms with Crippen LogP contribution in [0.5, 0.6) is 11.8 Å². The number of Topliss-reactive ketones (excluding diaryl/α,β-unsaturated/α-hetero) is 1. The molecule has 0 spiro atoms. The van der Waals surface area contributed by atoms with Crippen LogP contribution in [-0.4, -0.2) is 83.7 Å². The molecule has 4 saturated carbocycles. The fraction of sp³-hybridized carbons (Fsp3) is 0.667. The minimum absolute atomic E-state index is 0.0480. The third kappa shape index (κ3) is 7.54. The summed E-state index contributed by atoms with van der Waals surface area (Å²) in [5, 5.41) is 9.84. The highest BCUT2D eigenvalue weighted by molar-refractivity contribution is 7.91. The summed E-state index contributed by atoms with van der Waals surface area (Å²) in [7, 11) is -2.44. The molecule has 8 rings (SSSR count). The molecule has 1 unspecified atom stereocenters. The topological polar surface area (TPSA) is 171 Å². The van der Waals surface area contributed by atoms with E-state index in [1.54, 1.807) is 6.92 Å². The van der Waals surface area contributed by atoms with E-state index < -0.39 is 50.1 Å². The lowest BCUT2D eigenvalue weighted by Crippen LogP contribution is -2.48. The van der Waals surface area contributed by atoms with Crippen LogP contribution in [-0.2, 0) is 33.9 Å². The van der Waals surface area contributed by atoms with Gasteiger partial charge in [-0.2, -0.15) is 0 Å². The number of hydrogen-bond donors (Lipinski definition) is 1. The van der Waals surface area contributed by atoms with Crippen LogP contribution in [0.25, 0.3) is 10.8 Å². The summed E-state index contributed by atoms with van der Waals surface area (Å²) in [6, 6.07) is 6.40. The van der Waals surface area contributed by atoms with Crippen molar-refractivity contribution in [3.63, 3.8) is 0 Å². The lowest BCUT2D eigenvalue weighted by molar-refractivity contribution is -0.155. The Bertz CT molecular complexity index is 2040. The van der Waals surface area contributed by atoms with Gasteiger partial charge < -0.3 is 19.1 Å². The number of fused-ring (bicyclic) bond motifs is 4. The summed E-state index contributed by atoms with van der Waals surface area (Å²) < 4.78 is 45.7. The second kappa shape index (κ2) is 14.7. The van der Waals surface area contributed by atoms with Crippen molar-refractivity contribution in [2.75, 3.05) is 13.7 Å². The highest BCUT2D eigenvalue weighted by Gasteiger charge is 2.63. The van der Waals surface area contributed by atoms with E-state index in [2.05, 4.69) is 21.8 Å². The van der Waals surface area contributed by atoms with Crippen molar-refractivity contribution in [1.29, 1.82) is 0 Å². The van der Waals surface area contributed by atoms with Gasteiger partial charge in [0.15, 0.2) is 5.78 Å². The number of carbonyl (C=O) groups is 4. The first-order valence-electron chi connectivity index (χ1n) is 20.4. The Morgan fingerprint density at radius 1 is 0.964 bits per heavy atom. The molecule has 2 aliphatic heterocycles. The summed E-state index contributed by atoms with van der Waals surface area (Å²) in [4.78, 5) is 58.7. The van der Waals surface area contributed by atoms with Crippen LogP contribution in [0.15, 0.2) is 36.4 Å². The average molecular weight is 791 g/mol. The third-order valence-electron chi connectivity index (χ3n) is 13.8. The molecule has 1 aromatic heterocycles. The number of nitrogens with zero attached hydrogens (tertiary/aromatic N) is 3. The van der Waals surface area contributed by atoms with Gasteiger partial charge in [-0.05, 0) is 106 Å². The van der Waals surface area contributed by atoms with Crippen molar-refractivity contribution in [3.8, 4) is 11.8 Å². The van der Waals surface area contributed by atoms with Crippen LogP contribution >= 0.6 is 0 Å². The van der Waals surface area contributed by atoms with Gasteiger partial charge in [-0.25, -0.2) is 8.42 Å². The minimum Gasteiger partial charge on any atom is -0.479 e. The van der Waals surface area contributed by atoms with Crippen LogP contribution in [0.4, 0.5) is 0 Å². The predicted molar refractivity (Wildman–Crippen MR) is 206 cm³/mol. The Balaban J connectivity index is 1.10. The Hall–Kier alpha value is -4.07. The van der Waals surface area contributed by atoms with Crippen molar-refractivity contribution in [3.05, 3.63) is 36.4 Å². The molecule has 1 N–H and O–H groups in total. The zero-order valence-electron chi connectivity index (χ0n) is 32.8. The summed E-state index contributed by atoms with van der Waals surface area (Å²) in [6.45, 7) is 5.81. The summed E-state index contributed by atoms with van der Waals surface area (Å²) >= 11 is 0. The first kappa shape index (κ1) is 38.8. The quantitative estimate of drug-likeness (QED) is 0.258. The van der Waals surface area contributed by atoms with Gasteiger partial charge in [-0.3, -0.25) is 23.9 Å². The number of aromatic nitrogens is 2. The summed E-state index contributed by atoms with van der Waals surface area (Å²) in [5.41, 5.74) is -1.26. The Kier molecular flexibility index (Phi) is 10.2. The summed E-state index contributed by atoms with van der Waals surface area (Å²) in [6.07, 6.45) is 9.42. The van der Waals surface area contributed by atoms with Crippen molar-refractivity contribution in [2.24, 2.45) is 40.9 Å². The first-order chi connectivity index (χ1) is 26.7. The van der Waals surface area contributed by atoms with Gasteiger partial charge in [0.2, 0.25) is 33.6 Å². The maximum Gasteiger partial charge on any atom is 0.306 e. The maximum atomic E-state index is 15.0. The Morgan fingerprint density at radius 2 is 1.66 bits per heavy atom. The van der Waals surface area contributed by atoms with Gasteiger partial charge in [-0.1, -0.05) is 38.1 Å². The smallest absolute Gasteiger partial charge is 0.306 e. The molecule has 0 radical (unpaired) electrons. The normalized spacial score (nSPS) is 35.6. The van der Waals surface area contributed by atoms with Gasteiger partial charge >= 0.3 is 5.97 Å². The van der Waals surface area contributed by atoms with Crippen molar-refractivity contribution in [1.82, 2.24) is 19.8 Å². The van der Waals surface area contributed by atoms with E-state index in [1.807, 2.05) is 43.3 Å². The third-order valence-corrected chi connectivity index (χ3v) is 15.9. The van der Waals surface area contributed by atoms with E-state index in [4.69, 9.17) is 14.2 Å². The molecule has 3 heterocycles. The number of nitrogens with one attached hydrogen (secondary N) is 1. The molecular formula is C42H54N4O9S. The highest BCUT2D eigenvalue weighted by Crippen LogP contribution is 2.58. The fourth-order valence-corrected chi connectivity index (χ4v) is 11.0. The lowest BCUT2D eigenvalue weighted by atomic mass is 9.82. The van der Waals surface area contributed by atoms with Crippen LogP contribution in [0, 0.1) is 40.9 Å². The molecule has 10 atom stereocenters. The fourth-order valence-electron chi connectivity index (χ4n) is 9.70. The van der Waals surface area contributed by atoms with E-state index in [-0.39, 0.29) is 67.2 Å². The molecule has 302 valence electrons. The molecular weight excluding hydrogens is 737 g/mol. The largest absolute Gasteiger partial charge is 0.479 e. The number of benzene rings is 1. The number of rotatable bonds is 9. The molecule has 2 amide bonds. The van der Waals surface area contributed by atoms with E-state index >= 15 is 0 Å². The van der Waals surface area contributed by atoms with E-state index in [0.29, 0.717) is 54.2 Å². The molecule has 14 heteroatoms. The molecule has 1 saturated heterocycles. The zero-order valence-corrected chi connectivity index (χ0v) is 33.6. The zero-order chi connectivity index (χ0) is 39.6. The van der Waals surface area contributed by atoms with Crippen LogP contribution < -0.4 is 14.2 Å². The van der Waals surface area contributed by atoms with Crippen molar-refractivity contribution in [2.45, 2.75) is 121 Å². The number of amides is 2. The number of carbonyl (C=O) groups excluding carboxylic acids is 4. The monoisotopic (exact) mass is 790 g/mol. The van der Waals surface area contributed by atoms with E-state index in [1.165, 1.54) is 18.4 Å². The molecule has 4 aliphatic carbocycles. The Labute approximate surface area is 328 Å². The van der Waals surface area contributed by atoms with E-state index in [0.717, 1.165) is 25.7 Å². The second-order valence-corrected chi connectivity index (χ2v) is 20.2. The minimum atomic E-state index is -3.95. The molecule has 13 nitrogen and oxygen atoms in total. The van der Waals surface area contributed by atoms with Crippen LogP contribution in [0.2, 0.25) is 0 Å². The molecule has 1 aromatic carbocycles. The van der Waals surface area contributed by atoms with Gasteiger partial charge in [0.05, 0.1) is 53.0 Å². The van der Waals surface area contributed by atoms with Crippen molar-refractivity contribution >= 4 is 44.4 Å². The maximum absolute atomic E-state index is 15.0. The standard InChI is InChI=1S/C42H54N4O9S/c1-24-9-5-6-10-28-21-42(28,40(50)45-56(51,52)41(3)13-14-41)22-35(47)34-19-30(55-38-32-12-8-7-11-31(32)37(53-4)43-44-38)23-46(34)39(49)33(25(2)15-24)20-36(48)54-29-17-26-16-27(26)18-29/h6-8,10-12,24-30,33-34H,5,9,13-23H2,1-4H3,(H,45,50)/b10-6-/t24-,25+,26-,27+,28+,29?,30+,33-,34-,42+/m0/s1. The van der Waals surface area contributed by atoms with Gasteiger partial charge in [0.1, 0.15) is 12.2 Å². The number of ketones is 1. The number of esters is 1. The molecule has 6 aliphatic rings. The SMILES string of the molecule is COc1nnc(O[C@@H]2C[C@H]3C(=O)C[C@]4(C(=O)NS(=O)(=O)C5(C)CC5)C[C@H]4/C=C\CC[C@H](C)C[C@@H](C)[C@H](CC(=O)OC4C[C@@H]5C[C@@H]5C4)C(=O)N3C2)c2ccccc12. The molecule has 5 fully saturated rings. The highest BCUT2D eigenvalue weighted by atomic mass is 32.2. The van der Waals surface area contributed by atoms with Gasteiger partial charge in [0.25, 0.3) is 0 Å². The van der Waals surface area contributed by atoms with Crippen LogP contribution in [0.1, 0.15) is 97.8 Å². The molecule has 56 heavy (non-hydrogen) atoms. The Morgan fingerprint density at radius 3 is 2.36 bits per heavy atom. The number of hydrogen-bond acceptors (Lipinski definition) is 11. The lowest BCUT2D eigenvalue weighted by Gasteiger charge is -2.32.